The van der Waals surface area contributed by atoms with Gasteiger partial charge in [-0.25, -0.2) is 0 Å². The van der Waals surface area contributed by atoms with Crippen LogP contribution in [0.5, 0.6) is 0 Å². The molecule has 1 saturated heterocycles. The normalized spacial score (nSPS) is 17.7. The maximum absolute atomic E-state index is 13.1. The van der Waals surface area contributed by atoms with E-state index in [-0.39, 0.29) is 11.9 Å². The third-order valence-corrected chi connectivity index (χ3v) is 5.70. The number of nitrogens with zero attached hydrogens (tertiary/aromatic N) is 2. The molecule has 1 heterocycles. The molecular formula is C25H26N2O. The van der Waals surface area contributed by atoms with Gasteiger partial charge in [0, 0.05) is 25.3 Å². The number of carbonyl (C=O) groups is 1. The lowest BCUT2D eigenvalue weighted by atomic mass is 10.0. The predicted molar refractivity (Wildman–Crippen MR) is 115 cm³/mol. The number of hydrogen-bond donors (Lipinski definition) is 0. The van der Waals surface area contributed by atoms with E-state index in [1.807, 2.05) is 30.0 Å². The Morgan fingerprint density at radius 2 is 1.46 bits per heavy atom. The molecule has 0 spiro atoms. The van der Waals surface area contributed by atoms with Crippen LogP contribution in [0, 0.1) is 6.92 Å². The molecule has 0 aliphatic carbocycles. The summed E-state index contributed by atoms with van der Waals surface area (Å²) in [6, 6.07) is 26.9. The summed E-state index contributed by atoms with van der Waals surface area (Å²) in [4.78, 5) is 17.3. The van der Waals surface area contributed by atoms with E-state index < -0.39 is 0 Å². The summed E-state index contributed by atoms with van der Waals surface area (Å²) in [5, 5.41) is 0. The van der Waals surface area contributed by atoms with Gasteiger partial charge in [-0.2, -0.15) is 0 Å². The van der Waals surface area contributed by atoms with Gasteiger partial charge in [0.05, 0.1) is 6.04 Å². The third-order valence-electron chi connectivity index (χ3n) is 5.70. The van der Waals surface area contributed by atoms with Gasteiger partial charge in [0.25, 0.3) is 0 Å². The van der Waals surface area contributed by atoms with Gasteiger partial charge in [-0.15, -0.1) is 0 Å². The fourth-order valence-corrected chi connectivity index (χ4v) is 3.86. The predicted octanol–water partition coefficient (Wildman–Crippen LogP) is 4.90. The molecule has 0 bridgehead atoms. The molecule has 0 saturated carbocycles. The van der Waals surface area contributed by atoms with Gasteiger partial charge in [-0.05, 0) is 48.2 Å². The van der Waals surface area contributed by atoms with E-state index in [1.165, 1.54) is 22.3 Å². The highest BCUT2D eigenvalue weighted by molar-refractivity contribution is 5.97. The van der Waals surface area contributed by atoms with E-state index >= 15 is 0 Å². The van der Waals surface area contributed by atoms with Crippen LogP contribution >= 0.6 is 0 Å². The minimum absolute atomic E-state index is 0.123. The second-order valence-electron chi connectivity index (χ2n) is 7.48. The Bertz CT molecular complexity index is 950. The number of hydrogen-bond acceptors (Lipinski definition) is 2. The Morgan fingerprint density at radius 3 is 2.18 bits per heavy atom. The lowest BCUT2D eigenvalue weighted by Gasteiger charge is -2.39. The van der Waals surface area contributed by atoms with Crippen molar-refractivity contribution in [3.05, 3.63) is 90.0 Å². The SMILES string of the molecule is Cc1ccccc1CN1CCN(c2ccc(-c3ccccc3)cc2)C(=O)[C@@H]1C. The highest BCUT2D eigenvalue weighted by Crippen LogP contribution is 2.26. The lowest BCUT2D eigenvalue weighted by molar-refractivity contribution is -0.125. The summed E-state index contributed by atoms with van der Waals surface area (Å²) in [5.41, 5.74) is 5.91. The topological polar surface area (TPSA) is 23.6 Å². The second-order valence-corrected chi connectivity index (χ2v) is 7.48. The van der Waals surface area contributed by atoms with Crippen molar-refractivity contribution in [2.24, 2.45) is 0 Å². The monoisotopic (exact) mass is 370 g/mol. The Hall–Kier alpha value is -2.91. The Kier molecular flexibility index (Phi) is 5.27. The van der Waals surface area contributed by atoms with Crippen LogP contribution in [0.1, 0.15) is 18.1 Å². The van der Waals surface area contributed by atoms with Crippen LogP contribution < -0.4 is 4.90 Å². The summed E-state index contributed by atoms with van der Waals surface area (Å²) >= 11 is 0. The number of amides is 1. The minimum atomic E-state index is -0.123. The maximum Gasteiger partial charge on any atom is 0.244 e. The van der Waals surface area contributed by atoms with Gasteiger partial charge < -0.3 is 4.90 Å². The van der Waals surface area contributed by atoms with Crippen LogP contribution in [0.3, 0.4) is 0 Å². The number of benzene rings is 3. The van der Waals surface area contributed by atoms with E-state index in [2.05, 4.69) is 72.5 Å². The van der Waals surface area contributed by atoms with Crippen LogP contribution in [-0.2, 0) is 11.3 Å². The zero-order valence-electron chi connectivity index (χ0n) is 16.5. The average molecular weight is 370 g/mol. The molecule has 1 atom stereocenters. The van der Waals surface area contributed by atoms with Gasteiger partial charge in [0.1, 0.15) is 0 Å². The van der Waals surface area contributed by atoms with E-state index in [1.54, 1.807) is 0 Å². The summed E-state index contributed by atoms with van der Waals surface area (Å²) in [7, 11) is 0. The van der Waals surface area contributed by atoms with Crippen LogP contribution in [-0.4, -0.2) is 29.9 Å². The molecule has 1 aliphatic heterocycles. The number of carbonyl (C=O) groups excluding carboxylic acids is 1. The van der Waals surface area contributed by atoms with Crippen molar-refractivity contribution in [2.75, 3.05) is 18.0 Å². The number of piperazine rings is 1. The van der Waals surface area contributed by atoms with E-state index in [4.69, 9.17) is 0 Å². The largest absolute Gasteiger partial charge is 0.310 e. The summed E-state index contributed by atoms with van der Waals surface area (Å²) in [6.45, 7) is 6.57. The van der Waals surface area contributed by atoms with Crippen LogP contribution in [0.15, 0.2) is 78.9 Å². The lowest BCUT2D eigenvalue weighted by Crippen LogP contribution is -2.55. The molecule has 28 heavy (non-hydrogen) atoms. The van der Waals surface area contributed by atoms with Gasteiger partial charge >= 0.3 is 0 Å². The minimum Gasteiger partial charge on any atom is -0.310 e. The molecule has 0 unspecified atom stereocenters. The number of aryl methyl sites for hydroxylation is 1. The van der Waals surface area contributed by atoms with Gasteiger partial charge in [-0.1, -0.05) is 66.7 Å². The Labute approximate surface area is 167 Å². The van der Waals surface area contributed by atoms with Crippen molar-refractivity contribution < 1.29 is 4.79 Å². The van der Waals surface area contributed by atoms with Crippen molar-refractivity contribution in [2.45, 2.75) is 26.4 Å². The first-order valence-corrected chi connectivity index (χ1v) is 9.89. The number of rotatable bonds is 4. The van der Waals surface area contributed by atoms with Gasteiger partial charge in [0.15, 0.2) is 0 Å². The van der Waals surface area contributed by atoms with Crippen LogP contribution in [0.4, 0.5) is 5.69 Å². The van der Waals surface area contributed by atoms with Gasteiger partial charge in [0.2, 0.25) is 5.91 Å². The molecule has 142 valence electrons. The first-order chi connectivity index (χ1) is 13.6. The molecule has 1 amide bonds. The van der Waals surface area contributed by atoms with E-state index in [0.717, 1.165) is 25.3 Å². The summed E-state index contributed by atoms with van der Waals surface area (Å²) in [6.07, 6.45) is 0. The fraction of sp³-hybridized carbons (Fsp3) is 0.240. The number of anilines is 1. The van der Waals surface area contributed by atoms with Crippen molar-refractivity contribution in [1.29, 1.82) is 0 Å². The zero-order valence-corrected chi connectivity index (χ0v) is 16.5. The van der Waals surface area contributed by atoms with Crippen LogP contribution in [0.25, 0.3) is 11.1 Å². The molecule has 3 nitrogen and oxygen atoms in total. The first-order valence-electron chi connectivity index (χ1n) is 9.89. The summed E-state index contributed by atoms with van der Waals surface area (Å²) < 4.78 is 0. The second kappa shape index (κ2) is 7.99. The first kappa shape index (κ1) is 18.5. The molecule has 0 radical (unpaired) electrons. The Morgan fingerprint density at radius 1 is 0.821 bits per heavy atom. The molecule has 3 aromatic carbocycles. The third kappa shape index (κ3) is 3.71. The molecule has 0 aromatic heterocycles. The zero-order chi connectivity index (χ0) is 19.5. The molecule has 0 N–H and O–H groups in total. The summed E-state index contributed by atoms with van der Waals surface area (Å²) in [5.74, 6) is 0.173. The van der Waals surface area contributed by atoms with E-state index in [9.17, 15) is 4.79 Å². The van der Waals surface area contributed by atoms with Crippen molar-refractivity contribution in [3.63, 3.8) is 0 Å². The molecular weight excluding hydrogens is 344 g/mol. The highest BCUT2D eigenvalue weighted by atomic mass is 16.2. The van der Waals surface area contributed by atoms with Crippen molar-refractivity contribution >= 4 is 11.6 Å². The highest BCUT2D eigenvalue weighted by Gasteiger charge is 2.32. The fourth-order valence-electron chi connectivity index (χ4n) is 3.86. The quantitative estimate of drug-likeness (QED) is 0.652. The molecule has 4 rings (SSSR count). The smallest absolute Gasteiger partial charge is 0.244 e. The average Bonchev–Trinajstić information content (AvgIpc) is 2.74. The maximum atomic E-state index is 13.1. The molecule has 3 aromatic rings. The van der Waals surface area contributed by atoms with Crippen molar-refractivity contribution in [1.82, 2.24) is 4.90 Å². The van der Waals surface area contributed by atoms with Crippen molar-refractivity contribution in [3.8, 4) is 11.1 Å². The molecule has 3 heteroatoms. The molecule has 1 fully saturated rings. The van der Waals surface area contributed by atoms with Gasteiger partial charge in [-0.3, -0.25) is 9.69 Å². The van der Waals surface area contributed by atoms with Crippen LogP contribution in [0.2, 0.25) is 0 Å². The van der Waals surface area contributed by atoms with E-state index in [0.29, 0.717) is 0 Å². The standard InChI is InChI=1S/C25H26N2O/c1-19-8-6-7-11-23(19)18-26-16-17-27(25(28)20(26)2)24-14-12-22(13-15-24)21-9-4-3-5-10-21/h3-15,20H,16-18H2,1-2H3/t20-/m0/s1. The Balaban J connectivity index is 1.47. The molecule has 1 aliphatic rings.